The van der Waals surface area contributed by atoms with Crippen molar-refractivity contribution >= 4 is 23.4 Å². The number of carbonyl (C=O) groups is 2. The molecule has 0 aliphatic heterocycles. The van der Waals surface area contributed by atoms with Crippen molar-refractivity contribution in [2.75, 3.05) is 0 Å². The first-order valence-corrected chi connectivity index (χ1v) is 12.6. The molecule has 0 spiro atoms. The summed E-state index contributed by atoms with van der Waals surface area (Å²) in [5, 5.41) is 20.5. The number of fused-ring (bicyclic) bond motifs is 4. The number of carboxylic acids is 2. The average Bonchev–Trinajstić information content (AvgIpc) is 3.30. The lowest BCUT2D eigenvalue weighted by Crippen LogP contribution is -2.45. The molecule has 0 amide bonds. The van der Waals surface area contributed by atoms with E-state index in [0.717, 1.165) is 62.8 Å². The zero-order valence-corrected chi connectivity index (χ0v) is 20.0. The van der Waals surface area contributed by atoms with Crippen molar-refractivity contribution in [2.24, 2.45) is 43.5 Å². The predicted octanol–water partition coefficient (Wildman–Crippen LogP) is 5.00. The summed E-state index contributed by atoms with van der Waals surface area (Å²) in [5.74, 6) is -0.682. The average molecular weight is 443 g/mol. The molecule has 176 valence electrons. The summed E-state index contributed by atoms with van der Waals surface area (Å²) < 4.78 is 0. The summed E-state index contributed by atoms with van der Waals surface area (Å²) in [5.41, 5.74) is -0.465. The number of hydrogen-bond donors (Lipinski definition) is 2. The lowest BCUT2D eigenvalue weighted by atomic mass is 9.68. The van der Waals surface area contributed by atoms with E-state index < -0.39 is 22.8 Å². The molecule has 32 heavy (non-hydrogen) atoms. The van der Waals surface area contributed by atoms with Crippen molar-refractivity contribution in [1.29, 1.82) is 0 Å². The van der Waals surface area contributed by atoms with Crippen molar-refractivity contribution in [2.45, 2.75) is 104 Å². The van der Waals surface area contributed by atoms with E-state index >= 15 is 0 Å². The molecule has 0 aromatic carbocycles. The Morgan fingerprint density at radius 3 is 1.41 bits per heavy atom. The highest BCUT2D eigenvalue weighted by atomic mass is 16.4. The molecule has 2 N–H and O–H groups in total. The minimum absolute atomic E-state index is 0.0225. The van der Waals surface area contributed by atoms with Gasteiger partial charge in [-0.25, -0.2) is 0 Å². The Morgan fingerprint density at radius 2 is 1.09 bits per heavy atom. The van der Waals surface area contributed by atoms with Crippen molar-refractivity contribution < 1.29 is 19.8 Å². The topological polar surface area (TPSA) is 99.3 Å². The second-order valence-corrected chi connectivity index (χ2v) is 12.3. The molecule has 0 aromatic rings. The molecular weight excluding hydrogens is 404 g/mol. The zero-order chi connectivity index (χ0) is 23.1. The number of hydrogen-bond acceptors (Lipinski definition) is 4. The van der Waals surface area contributed by atoms with Crippen LogP contribution in [0.5, 0.6) is 0 Å². The Bertz CT molecular complexity index is 845. The second kappa shape index (κ2) is 6.89. The number of aliphatic carboxylic acids is 2. The van der Waals surface area contributed by atoms with Gasteiger partial charge in [-0.05, 0) is 74.0 Å². The molecule has 0 saturated heterocycles. The summed E-state index contributed by atoms with van der Waals surface area (Å²) in [6.45, 7) is 8.42. The van der Waals surface area contributed by atoms with E-state index in [1.807, 2.05) is 0 Å². The molecule has 0 heterocycles. The summed E-state index contributed by atoms with van der Waals surface area (Å²) in [6, 6.07) is -0.0450. The van der Waals surface area contributed by atoms with E-state index in [4.69, 9.17) is 9.98 Å². The second-order valence-electron chi connectivity index (χ2n) is 12.3. The van der Waals surface area contributed by atoms with Crippen LogP contribution in [0.2, 0.25) is 0 Å². The summed E-state index contributed by atoms with van der Waals surface area (Å²) in [7, 11) is 0. The molecule has 5 fully saturated rings. The van der Waals surface area contributed by atoms with Gasteiger partial charge in [-0.15, -0.1) is 0 Å². The van der Waals surface area contributed by atoms with E-state index in [2.05, 4.69) is 27.7 Å². The first kappa shape index (κ1) is 22.1. The van der Waals surface area contributed by atoms with Crippen LogP contribution in [0, 0.1) is 33.5 Å². The molecule has 4 unspecified atom stereocenters. The van der Waals surface area contributed by atoms with Crippen LogP contribution in [0.15, 0.2) is 9.98 Å². The van der Waals surface area contributed by atoms with Gasteiger partial charge in [0, 0.05) is 11.4 Å². The Morgan fingerprint density at radius 1 is 0.719 bits per heavy atom. The SMILES string of the molecule is CC1(C)C2CCC1(C(=O)O)C(=N[C@H]1CCCC[C@@H]1N=C1CC3CCC1(C(=O)O)C3(C)C)C2. The molecule has 5 aliphatic carbocycles. The number of rotatable bonds is 4. The highest BCUT2D eigenvalue weighted by Gasteiger charge is 2.68. The maximum Gasteiger partial charge on any atom is 0.315 e. The summed E-state index contributed by atoms with van der Waals surface area (Å²) in [6.07, 6.45) is 8.85. The van der Waals surface area contributed by atoms with Crippen LogP contribution in [-0.4, -0.2) is 45.7 Å². The largest absolute Gasteiger partial charge is 0.481 e. The molecular formula is C26H38N2O4. The van der Waals surface area contributed by atoms with Crippen molar-refractivity contribution in [3.05, 3.63) is 0 Å². The van der Waals surface area contributed by atoms with Crippen LogP contribution in [0.25, 0.3) is 0 Å². The minimum atomic E-state index is -0.844. The maximum atomic E-state index is 12.5. The van der Waals surface area contributed by atoms with E-state index in [1.165, 1.54) is 0 Å². The van der Waals surface area contributed by atoms with Gasteiger partial charge in [0.2, 0.25) is 0 Å². The molecule has 5 aliphatic rings. The molecule has 4 bridgehead atoms. The molecule has 6 atom stereocenters. The normalized spacial score (nSPS) is 46.2. The van der Waals surface area contributed by atoms with Crippen molar-refractivity contribution in [3.8, 4) is 0 Å². The van der Waals surface area contributed by atoms with E-state index in [0.29, 0.717) is 24.7 Å². The number of nitrogens with zero attached hydrogens (tertiary/aromatic N) is 2. The first-order chi connectivity index (χ1) is 15.0. The smallest absolute Gasteiger partial charge is 0.315 e. The third-order valence-electron chi connectivity index (χ3n) is 10.9. The van der Waals surface area contributed by atoms with Crippen LogP contribution in [0.4, 0.5) is 0 Å². The van der Waals surface area contributed by atoms with Gasteiger partial charge in [-0.2, -0.15) is 0 Å². The van der Waals surface area contributed by atoms with Gasteiger partial charge in [0.25, 0.3) is 0 Å². The number of aliphatic imine (C=N–C) groups is 2. The molecule has 5 rings (SSSR count). The summed E-state index contributed by atoms with van der Waals surface area (Å²) in [4.78, 5) is 35.4. The van der Waals surface area contributed by atoms with Gasteiger partial charge >= 0.3 is 11.9 Å². The zero-order valence-electron chi connectivity index (χ0n) is 20.0. The van der Waals surface area contributed by atoms with Gasteiger partial charge in [-0.3, -0.25) is 19.6 Å². The van der Waals surface area contributed by atoms with Crippen LogP contribution in [0.3, 0.4) is 0 Å². The highest BCUT2D eigenvalue weighted by molar-refractivity contribution is 6.10. The molecule has 6 nitrogen and oxygen atoms in total. The third-order valence-corrected chi connectivity index (χ3v) is 10.9. The predicted molar refractivity (Wildman–Crippen MR) is 123 cm³/mol. The van der Waals surface area contributed by atoms with E-state index in [-0.39, 0.29) is 22.9 Å². The molecule has 5 saturated carbocycles. The quantitative estimate of drug-likeness (QED) is 0.640. The molecule has 0 radical (unpaired) electrons. The van der Waals surface area contributed by atoms with Crippen molar-refractivity contribution in [3.63, 3.8) is 0 Å². The van der Waals surface area contributed by atoms with Gasteiger partial charge in [-0.1, -0.05) is 40.5 Å². The Labute approximate surface area is 191 Å². The van der Waals surface area contributed by atoms with Gasteiger partial charge < -0.3 is 10.2 Å². The van der Waals surface area contributed by atoms with E-state index in [9.17, 15) is 19.8 Å². The minimum Gasteiger partial charge on any atom is -0.481 e. The monoisotopic (exact) mass is 442 g/mol. The summed E-state index contributed by atoms with van der Waals surface area (Å²) >= 11 is 0. The van der Waals surface area contributed by atoms with Crippen LogP contribution in [0.1, 0.15) is 91.9 Å². The maximum absolute atomic E-state index is 12.5. The fraction of sp³-hybridized carbons (Fsp3) is 0.846. The fourth-order valence-electron chi connectivity index (χ4n) is 8.54. The standard InChI is InChI=1S/C26H38N2O4/c1-23(2)15-9-11-25(23,21(29)30)19(13-15)27-17-7-5-6-8-18(17)28-20-14-16-10-12-26(20,22(31)32)24(16,3)4/h15-18H,5-14H2,1-4H3,(H,29,30)(H,31,32)/t15?,16?,17-,18-,25?,26?/m0/s1. The fourth-order valence-corrected chi connectivity index (χ4v) is 8.54. The van der Waals surface area contributed by atoms with Gasteiger partial charge in [0.05, 0.1) is 12.1 Å². The number of carboxylic acid groups (broad SMARTS) is 2. The van der Waals surface area contributed by atoms with Crippen LogP contribution >= 0.6 is 0 Å². The van der Waals surface area contributed by atoms with Crippen molar-refractivity contribution in [1.82, 2.24) is 0 Å². The Hall–Kier alpha value is -1.72. The van der Waals surface area contributed by atoms with Crippen LogP contribution in [-0.2, 0) is 9.59 Å². The lowest BCUT2D eigenvalue weighted by molar-refractivity contribution is -0.149. The third kappa shape index (κ3) is 2.53. The first-order valence-electron chi connectivity index (χ1n) is 12.6. The van der Waals surface area contributed by atoms with E-state index in [1.54, 1.807) is 0 Å². The molecule has 6 heteroatoms. The Balaban J connectivity index is 1.50. The highest BCUT2D eigenvalue weighted by Crippen LogP contribution is 2.65. The lowest BCUT2D eigenvalue weighted by Gasteiger charge is -2.37. The Kier molecular flexibility index (Phi) is 4.76. The molecule has 0 aromatic heterocycles. The van der Waals surface area contributed by atoms with Gasteiger partial charge in [0.1, 0.15) is 10.8 Å². The van der Waals surface area contributed by atoms with Crippen LogP contribution < -0.4 is 0 Å². The van der Waals surface area contributed by atoms with Gasteiger partial charge in [0.15, 0.2) is 0 Å².